The van der Waals surface area contributed by atoms with Crippen molar-refractivity contribution < 1.29 is 19.1 Å². The number of ether oxygens (including phenoxy) is 2. The lowest BCUT2D eigenvalue weighted by Crippen LogP contribution is -2.46. The second-order valence-electron chi connectivity index (χ2n) is 8.17. The van der Waals surface area contributed by atoms with Crippen molar-refractivity contribution in [2.24, 2.45) is 7.05 Å². The molecule has 1 aromatic carbocycles. The van der Waals surface area contributed by atoms with E-state index in [1.807, 2.05) is 55.9 Å². The van der Waals surface area contributed by atoms with Gasteiger partial charge in [0.1, 0.15) is 12.3 Å². The Bertz CT molecular complexity index is 845. The SMILES string of the molecule is CCCCOc1ccc(C(=O)N(CC(=O)N(CCOC)Cc2cccn2C)C(C)C)cc1. The fraction of sp³-hybridized carbons (Fsp3) is 0.520. The number of aromatic nitrogens is 1. The highest BCUT2D eigenvalue weighted by molar-refractivity contribution is 5.96. The van der Waals surface area contributed by atoms with Crippen molar-refractivity contribution in [2.75, 3.05) is 33.4 Å². The zero-order chi connectivity index (χ0) is 23.5. The van der Waals surface area contributed by atoms with Crippen molar-refractivity contribution in [2.45, 2.75) is 46.2 Å². The van der Waals surface area contributed by atoms with Gasteiger partial charge in [-0.2, -0.15) is 0 Å². The lowest BCUT2D eigenvalue weighted by Gasteiger charge is -2.30. The van der Waals surface area contributed by atoms with Gasteiger partial charge in [-0.1, -0.05) is 13.3 Å². The topological polar surface area (TPSA) is 64.0 Å². The number of amides is 2. The van der Waals surface area contributed by atoms with Crippen LogP contribution in [0.3, 0.4) is 0 Å². The maximum Gasteiger partial charge on any atom is 0.254 e. The number of hydrogen-bond donors (Lipinski definition) is 0. The highest BCUT2D eigenvalue weighted by atomic mass is 16.5. The number of rotatable bonds is 13. The lowest BCUT2D eigenvalue weighted by atomic mass is 10.1. The third-order valence-electron chi connectivity index (χ3n) is 5.38. The summed E-state index contributed by atoms with van der Waals surface area (Å²) in [6.45, 7) is 8.00. The van der Waals surface area contributed by atoms with E-state index in [0.717, 1.165) is 24.3 Å². The fourth-order valence-electron chi connectivity index (χ4n) is 3.28. The molecule has 1 aromatic heterocycles. The van der Waals surface area contributed by atoms with Crippen molar-refractivity contribution >= 4 is 11.8 Å². The number of carbonyl (C=O) groups is 2. The molecule has 2 amide bonds. The first-order chi connectivity index (χ1) is 15.4. The second-order valence-corrected chi connectivity index (χ2v) is 8.17. The first-order valence-corrected chi connectivity index (χ1v) is 11.3. The molecule has 0 unspecified atom stereocenters. The van der Waals surface area contributed by atoms with Gasteiger partial charge in [0.05, 0.1) is 19.8 Å². The highest BCUT2D eigenvalue weighted by Crippen LogP contribution is 2.16. The van der Waals surface area contributed by atoms with E-state index in [9.17, 15) is 9.59 Å². The van der Waals surface area contributed by atoms with Gasteiger partial charge in [-0.15, -0.1) is 0 Å². The van der Waals surface area contributed by atoms with Crippen LogP contribution in [0, 0.1) is 0 Å². The first kappa shape index (κ1) is 25.5. The Morgan fingerprint density at radius 2 is 1.81 bits per heavy atom. The van der Waals surface area contributed by atoms with E-state index in [4.69, 9.17) is 9.47 Å². The summed E-state index contributed by atoms with van der Waals surface area (Å²) in [5.74, 6) is 0.472. The van der Waals surface area contributed by atoms with Crippen LogP contribution in [0.25, 0.3) is 0 Å². The Labute approximate surface area is 191 Å². The minimum absolute atomic E-state index is 0.0133. The van der Waals surface area contributed by atoms with Gasteiger partial charge in [0.15, 0.2) is 0 Å². The maximum atomic E-state index is 13.2. The average Bonchev–Trinajstić information content (AvgIpc) is 3.19. The monoisotopic (exact) mass is 443 g/mol. The molecule has 0 fully saturated rings. The molecule has 7 nitrogen and oxygen atoms in total. The van der Waals surface area contributed by atoms with Gasteiger partial charge in [0.25, 0.3) is 5.91 Å². The standard InChI is InChI=1S/C25H37N3O4/c1-6-7-16-32-23-12-10-21(11-13-23)25(30)28(20(2)3)19-24(29)27(15-17-31-5)18-22-9-8-14-26(22)4/h8-14,20H,6-7,15-19H2,1-5H3. The molecule has 0 spiro atoms. The van der Waals surface area contributed by atoms with Crippen LogP contribution in [0.2, 0.25) is 0 Å². The van der Waals surface area contributed by atoms with Crippen molar-refractivity contribution in [3.63, 3.8) is 0 Å². The van der Waals surface area contributed by atoms with Crippen molar-refractivity contribution in [3.05, 3.63) is 53.9 Å². The van der Waals surface area contributed by atoms with E-state index in [-0.39, 0.29) is 24.4 Å². The maximum absolute atomic E-state index is 13.2. The molecule has 2 aromatic rings. The summed E-state index contributed by atoms with van der Waals surface area (Å²) >= 11 is 0. The summed E-state index contributed by atoms with van der Waals surface area (Å²) < 4.78 is 12.9. The number of hydrogen-bond acceptors (Lipinski definition) is 4. The first-order valence-electron chi connectivity index (χ1n) is 11.3. The molecule has 0 N–H and O–H groups in total. The molecule has 7 heteroatoms. The molecule has 32 heavy (non-hydrogen) atoms. The summed E-state index contributed by atoms with van der Waals surface area (Å²) in [6.07, 6.45) is 4.01. The molecule has 0 aliphatic heterocycles. The van der Waals surface area contributed by atoms with Gasteiger partial charge in [0, 0.05) is 44.2 Å². The number of aryl methyl sites for hydroxylation is 1. The molecular formula is C25H37N3O4. The number of nitrogens with zero attached hydrogens (tertiary/aromatic N) is 3. The van der Waals surface area contributed by atoms with Crippen LogP contribution in [0.1, 0.15) is 49.7 Å². The molecule has 0 saturated carbocycles. The van der Waals surface area contributed by atoms with Crippen LogP contribution in [-0.2, 0) is 23.1 Å². The quantitative estimate of drug-likeness (QED) is 0.443. The number of methoxy groups -OCH3 is 1. The van der Waals surface area contributed by atoms with Crippen LogP contribution in [0.15, 0.2) is 42.6 Å². The van der Waals surface area contributed by atoms with Crippen LogP contribution >= 0.6 is 0 Å². The zero-order valence-corrected chi connectivity index (χ0v) is 20.0. The Kier molecular flexibility index (Phi) is 10.3. The van der Waals surface area contributed by atoms with E-state index in [1.54, 1.807) is 29.0 Å². The van der Waals surface area contributed by atoms with Crippen LogP contribution in [0.4, 0.5) is 0 Å². The summed E-state index contributed by atoms with van der Waals surface area (Å²) in [4.78, 5) is 29.7. The van der Waals surface area contributed by atoms with E-state index in [1.165, 1.54) is 0 Å². The minimum Gasteiger partial charge on any atom is -0.494 e. The third-order valence-corrected chi connectivity index (χ3v) is 5.38. The fourth-order valence-corrected chi connectivity index (χ4v) is 3.28. The normalized spacial score (nSPS) is 10.9. The number of carbonyl (C=O) groups excluding carboxylic acids is 2. The van der Waals surface area contributed by atoms with Gasteiger partial charge < -0.3 is 23.8 Å². The molecule has 0 aliphatic rings. The van der Waals surface area contributed by atoms with Crippen LogP contribution in [-0.4, -0.2) is 65.6 Å². The van der Waals surface area contributed by atoms with Crippen molar-refractivity contribution in [1.29, 1.82) is 0 Å². The molecule has 0 bridgehead atoms. The molecule has 1 heterocycles. The summed E-state index contributed by atoms with van der Waals surface area (Å²) in [5, 5.41) is 0. The second kappa shape index (κ2) is 12.9. The van der Waals surface area contributed by atoms with Gasteiger partial charge in [-0.3, -0.25) is 9.59 Å². The zero-order valence-electron chi connectivity index (χ0n) is 20.0. The van der Waals surface area contributed by atoms with Crippen molar-refractivity contribution in [1.82, 2.24) is 14.4 Å². The summed E-state index contributed by atoms with van der Waals surface area (Å²) in [7, 11) is 3.57. The summed E-state index contributed by atoms with van der Waals surface area (Å²) in [6, 6.07) is 11.0. The number of benzene rings is 1. The highest BCUT2D eigenvalue weighted by Gasteiger charge is 2.25. The molecule has 2 rings (SSSR count). The van der Waals surface area contributed by atoms with Gasteiger partial charge in [-0.25, -0.2) is 0 Å². The Balaban J connectivity index is 2.09. The van der Waals surface area contributed by atoms with E-state index >= 15 is 0 Å². The Hall–Kier alpha value is -2.80. The average molecular weight is 444 g/mol. The van der Waals surface area contributed by atoms with Crippen LogP contribution in [0.5, 0.6) is 5.75 Å². The number of unbranched alkanes of at least 4 members (excludes halogenated alkanes) is 1. The molecule has 0 saturated heterocycles. The largest absolute Gasteiger partial charge is 0.494 e. The van der Waals surface area contributed by atoms with E-state index < -0.39 is 0 Å². The van der Waals surface area contributed by atoms with E-state index in [2.05, 4.69) is 6.92 Å². The molecule has 176 valence electrons. The van der Waals surface area contributed by atoms with Crippen LogP contribution < -0.4 is 4.74 Å². The molecule has 0 radical (unpaired) electrons. The smallest absolute Gasteiger partial charge is 0.254 e. The van der Waals surface area contributed by atoms with Crippen molar-refractivity contribution in [3.8, 4) is 5.75 Å². The van der Waals surface area contributed by atoms with E-state index in [0.29, 0.717) is 31.9 Å². The Morgan fingerprint density at radius 3 is 2.38 bits per heavy atom. The predicted molar refractivity (Wildman–Crippen MR) is 126 cm³/mol. The van der Waals surface area contributed by atoms with Gasteiger partial charge in [-0.05, 0) is 56.7 Å². The molecular weight excluding hydrogens is 406 g/mol. The summed E-state index contributed by atoms with van der Waals surface area (Å²) in [5.41, 5.74) is 1.57. The predicted octanol–water partition coefficient (Wildman–Crippen LogP) is 3.73. The molecule has 0 atom stereocenters. The van der Waals surface area contributed by atoms with Gasteiger partial charge in [0.2, 0.25) is 5.91 Å². The van der Waals surface area contributed by atoms with Gasteiger partial charge >= 0.3 is 0 Å². The minimum atomic E-state index is -0.168. The lowest BCUT2D eigenvalue weighted by molar-refractivity contribution is -0.133. The third kappa shape index (κ3) is 7.41. The molecule has 0 aliphatic carbocycles. The Morgan fingerprint density at radius 1 is 1.09 bits per heavy atom.